The van der Waals surface area contributed by atoms with Crippen LogP contribution in [0.25, 0.3) is 10.2 Å². The van der Waals surface area contributed by atoms with Crippen LogP contribution in [0.15, 0.2) is 4.79 Å². The highest BCUT2D eigenvalue weighted by molar-refractivity contribution is 7.20. The van der Waals surface area contributed by atoms with Crippen LogP contribution in [0.3, 0.4) is 0 Å². The van der Waals surface area contributed by atoms with Crippen LogP contribution in [-0.2, 0) is 9.53 Å². The van der Waals surface area contributed by atoms with Crippen LogP contribution in [0.2, 0.25) is 0 Å². The van der Waals surface area contributed by atoms with Gasteiger partial charge in [-0.15, -0.1) is 11.3 Å². The highest BCUT2D eigenvalue weighted by Crippen LogP contribution is 2.28. The number of hydrogen-bond acceptors (Lipinski definition) is 7. The van der Waals surface area contributed by atoms with Crippen LogP contribution < -0.4 is 10.9 Å². The van der Waals surface area contributed by atoms with Crippen molar-refractivity contribution in [2.45, 2.75) is 51.5 Å². The largest absolute Gasteiger partial charge is 0.451 e. The summed E-state index contributed by atoms with van der Waals surface area (Å²) in [6.07, 6.45) is 4.02. The molecule has 1 aliphatic carbocycles. The van der Waals surface area contributed by atoms with Crippen molar-refractivity contribution in [3.8, 4) is 6.07 Å². The van der Waals surface area contributed by atoms with E-state index in [0.29, 0.717) is 34.4 Å². The molecular formula is C18H20N4O4S. The molecule has 0 saturated heterocycles. The molecule has 2 heterocycles. The lowest BCUT2D eigenvalue weighted by atomic mass is 9.83. The van der Waals surface area contributed by atoms with Gasteiger partial charge in [0.25, 0.3) is 11.5 Å². The van der Waals surface area contributed by atoms with E-state index in [9.17, 15) is 19.6 Å². The molecule has 0 radical (unpaired) electrons. The third-order valence-electron chi connectivity index (χ3n) is 4.74. The van der Waals surface area contributed by atoms with Gasteiger partial charge < -0.3 is 15.0 Å². The van der Waals surface area contributed by atoms with Crippen molar-refractivity contribution in [1.29, 1.82) is 5.26 Å². The third-order valence-corrected chi connectivity index (χ3v) is 5.90. The number of esters is 1. The van der Waals surface area contributed by atoms with Gasteiger partial charge in [-0.1, -0.05) is 19.3 Å². The van der Waals surface area contributed by atoms with Gasteiger partial charge in [0.1, 0.15) is 21.1 Å². The molecule has 1 saturated carbocycles. The molecule has 8 nitrogen and oxygen atoms in total. The summed E-state index contributed by atoms with van der Waals surface area (Å²) in [7, 11) is 0. The van der Waals surface area contributed by atoms with Crippen LogP contribution >= 0.6 is 11.3 Å². The monoisotopic (exact) mass is 388 g/mol. The molecule has 2 N–H and O–H groups in total. The molecule has 0 atom stereocenters. The highest BCUT2D eigenvalue weighted by atomic mass is 32.1. The van der Waals surface area contributed by atoms with Crippen molar-refractivity contribution < 1.29 is 14.3 Å². The number of thiophene rings is 1. The number of carbonyl (C=O) groups is 2. The number of aryl methyl sites for hydroxylation is 2. The summed E-state index contributed by atoms with van der Waals surface area (Å²) in [6, 6.07) is 2.19. The van der Waals surface area contributed by atoms with Crippen LogP contribution in [-0.4, -0.2) is 34.0 Å². The molecule has 0 bridgehead atoms. The number of H-pyrrole nitrogens is 1. The minimum Gasteiger partial charge on any atom is -0.451 e. The van der Waals surface area contributed by atoms with E-state index in [-0.39, 0.29) is 10.4 Å². The molecule has 0 spiro atoms. The third kappa shape index (κ3) is 3.85. The van der Waals surface area contributed by atoms with Crippen LogP contribution in [0.1, 0.15) is 53.2 Å². The number of nitriles is 1. The van der Waals surface area contributed by atoms with E-state index in [1.54, 1.807) is 13.8 Å². The number of aromatic amines is 1. The SMILES string of the molecule is Cc1nc2sc(C(=O)OCC(=O)NC3(C#N)CCCCC3)c(C)c2c(=O)[nH]1. The predicted octanol–water partition coefficient (Wildman–Crippen LogP) is 2.10. The van der Waals surface area contributed by atoms with E-state index in [1.165, 1.54) is 0 Å². The Balaban J connectivity index is 1.69. The zero-order valence-electron chi connectivity index (χ0n) is 15.2. The smallest absolute Gasteiger partial charge is 0.349 e. The zero-order chi connectivity index (χ0) is 19.6. The standard InChI is InChI=1S/C18H20N4O4S/c1-10-13-15(24)20-11(2)21-16(13)27-14(10)17(25)26-8-12(23)22-18(9-19)6-4-3-5-7-18/h3-8H2,1-2H3,(H,22,23)(H,20,21,24). The number of nitrogens with one attached hydrogen (secondary N) is 2. The van der Waals surface area contributed by atoms with E-state index >= 15 is 0 Å². The first kappa shape index (κ1) is 19.0. The van der Waals surface area contributed by atoms with E-state index in [4.69, 9.17) is 4.74 Å². The lowest BCUT2D eigenvalue weighted by Crippen LogP contribution is -2.50. The Kier molecular flexibility index (Phi) is 5.28. The van der Waals surface area contributed by atoms with Gasteiger partial charge in [0.2, 0.25) is 0 Å². The molecular weight excluding hydrogens is 368 g/mol. The molecule has 9 heteroatoms. The lowest BCUT2D eigenvalue weighted by molar-refractivity contribution is -0.125. The van der Waals surface area contributed by atoms with Crippen molar-refractivity contribution >= 4 is 33.4 Å². The molecule has 0 unspecified atom stereocenters. The van der Waals surface area contributed by atoms with Gasteiger partial charge in [0, 0.05) is 0 Å². The second kappa shape index (κ2) is 7.48. The summed E-state index contributed by atoms with van der Waals surface area (Å²) in [5.74, 6) is -0.725. The van der Waals surface area contributed by atoms with Gasteiger partial charge in [0.15, 0.2) is 6.61 Å². The predicted molar refractivity (Wildman–Crippen MR) is 99.6 cm³/mol. The molecule has 2 aromatic rings. The Morgan fingerprint density at radius 1 is 1.33 bits per heavy atom. The number of ether oxygens (including phenoxy) is 1. The average molecular weight is 388 g/mol. The molecule has 0 aromatic carbocycles. The average Bonchev–Trinajstić information content (AvgIpc) is 2.97. The van der Waals surface area contributed by atoms with Gasteiger partial charge in [-0.25, -0.2) is 9.78 Å². The fourth-order valence-corrected chi connectivity index (χ4v) is 4.49. The van der Waals surface area contributed by atoms with E-state index in [2.05, 4.69) is 21.4 Å². The fraction of sp³-hybridized carbons (Fsp3) is 0.500. The number of fused-ring (bicyclic) bond motifs is 1. The van der Waals surface area contributed by atoms with Crippen molar-refractivity contribution in [3.63, 3.8) is 0 Å². The number of rotatable bonds is 4. The topological polar surface area (TPSA) is 125 Å². The molecule has 142 valence electrons. The second-order valence-corrected chi connectivity index (χ2v) is 7.77. The van der Waals surface area contributed by atoms with Gasteiger partial charge in [-0.2, -0.15) is 5.26 Å². The van der Waals surface area contributed by atoms with E-state index < -0.39 is 24.0 Å². The number of carbonyl (C=O) groups excluding carboxylic acids is 2. The van der Waals surface area contributed by atoms with Crippen LogP contribution in [0.5, 0.6) is 0 Å². The summed E-state index contributed by atoms with van der Waals surface area (Å²) in [5.41, 5.74) is -0.699. The van der Waals surface area contributed by atoms with Crippen molar-refractivity contribution in [2.75, 3.05) is 6.61 Å². The first-order chi connectivity index (χ1) is 12.8. The summed E-state index contributed by atoms with van der Waals surface area (Å²) in [4.78, 5) is 44.2. The molecule has 2 aromatic heterocycles. The summed E-state index contributed by atoms with van der Waals surface area (Å²) < 4.78 is 5.11. The van der Waals surface area contributed by atoms with Crippen molar-refractivity contribution in [1.82, 2.24) is 15.3 Å². The Hall–Kier alpha value is -2.73. The maximum Gasteiger partial charge on any atom is 0.349 e. The summed E-state index contributed by atoms with van der Waals surface area (Å²) >= 11 is 1.06. The number of amides is 1. The Morgan fingerprint density at radius 2 is 2.04 bits per heavy atom. The molecule has 3 rings (SSSR count). The highest BCUT2D eigenvalue weighted by Gasteiger charge is 2.33. The van der Waals surface area contributed by atoms with Crippen LogP contribution in [0, 0.1) is 25.2 Å². The Bertz CT molecular complexity index is 995. The first-order valence-corrected chi connectivity index (χ1v) is 9.56. The maximum atomic E-state index is 12.4. The molecule has 1 aliphatic rings. The molecule has 0 aliphatic heterocycles. The lowest BCUT2D eigenvalue weighted by Gasteiger charge is -2.31. The fourth-order valence-electron chi connectivity index (χ4n) is 3.37. The molecule has 1 fully saturated rings. The van der Waals surface area contributed by atoms with E-state index in [0.717, 1.165) is 30.6 Å². The van der Waals surface area contributed by atoms with Crippen molar-refractivity contribution in [3.05, 3.63) is 26.6 Å². The Morgan fingerprint density at radius 3 is 2.70 bits per heavy atom. The quantitative estimate of drug-likeness (QED) is 0.773. The molecule has 27 heavy (non-hydrogen) atoms. The zero-order valence-corrected chi connectivity index (χ0v) is 16.0. The Labute approximate surface area is 159 Å². The second-order valence-electron chi connectivity index (χ2n) is 6.77. The van der Waals surface area contributed by atoms with Gasteiger partial charge in [-0.05, 0) is 32.3 Å². The van der Waals surface area contributed by atoms with E-state index in [1.807, 2.05) is 0 Å². The number of nitrogens with zero attached hydrogens (tertiary/aromatic N) is 2. The number of aromatic nitrogens is 2. The van der Waals surface area contributed by atoms with Gasteiger partial charge in [-0.3, -0.25) is 9.59 Å². The van der Waals surface area contributed by atoms with Crippen molar-refractivity contribution in [2.24, 2.45) is 0 Å². The first-order valence-electron chi connectivity index (χ1n) is 8.74. The minimum absolute atomic E-state index is 0.245. The summed E-state index contributed by atoms with van der Waals surface area (Å²) in [6.45, 7) is 2.84. The van der Waals surface area contributed by atoms with Gasteiger partial charge in [0.05, 0.1) is 11.5 Å². The van der Waals surface area contributed by atoms with Crippen LogP contribution in [0.4, 0.5) is 0 Å². The summed E-state index contributed by atoms with van der Waals surface area (Å²) in [5, 5.41) is 12.5. The minimum atomic E-state index is -0.871. The van der Waals surface area contributed by atoms with Gasteiger partial charge >= 0.3 is 5.97 Å². The molecule has 1 amide bonds. The number of hydrogen-bond donors (Lipinski definition) is 2. The normalized spacial score (nSPS) is 15.9. The maximum absolute atomic E-state index is 12.4.